The molecule has 2 aromatic rings. The van der Waals surface area contributed by atoms with Crippen LogP contribution < -0.4 is 0 Å². The van der Waals surface area contributed by atoms with Crippen LogP contribution >= 0.6 is 11.8 Å². The second kappa shape index (κ2) is 8.09. The molecule has 134 valence electrons. The molecule has 5 heteroatoms. The standard InChI is InChI=1S/C20H27N3OS/c1-15-16(2)23(18-12-8-5-9-13-18)20(21-15)25-14-19(24)22(3)17-10-6-4-7-11-17/h5,8-9,12-13,17H,4,6-7,10-11,14H2,1-3H3. The van der Waals surface area contributed by atoms with E-state index in [0.29, 0.717) is 11.8 Å². The van der Waals surface area contributed by atoms with Gasteiger partial charge < -0.3 is 4.90 Å². The summed E-state index contributed by atoms with van der Waals surface area (Å²) in [5.74, 6) is 0.644. The van der Waals surface area contributed by atoms with Crippen LogP contribution in [-0.4, -0.2) is 39.2 Å². The molecule has 1 amide bonds. The molecule has 3 rings (SSSR count). The third kappa shape index (κ3) is 4.09. The van der Waals surface area contributed by atoms with Gasteiger partial charge in [-0.05, 0) is 38.8 Å². The minimum atomic E-state index is 0.204. The van der Waals surface area contributed by atoms with Crippen molar-refractivity contribution in [1.29, 1.82) is 0 Å². The van der Waals surface area contributed by atoms with Crippen molar-refractivity contribution in [2.24, 2.45) is 0 Å². The maximum Gasteiger partial charge on any atom is 0.233 e. The van der Waals surface area contributed by atoms with Crippen molar-refractivity contribution in [3.8, 4) is 5.69 Å². The van der Waals surface area contributed by atoms with Gasteiger partial charge in [0.1, 0.15) is 0 Å². The quantitative estimate of drug-likeness (QED) is 0.746. The Morgan fingerprint density at radius 1 is 1.20 bits per heavy atom. The number of rotatable bonds is 5. The Hall–Kier alpha value is -1.75. The summed E-state index contributed by atoms with van der Waals surface area (Å²) in [4.78, 5) is 19.3. The number of hydrogen-bond donors (Lipinski definition) is 0. The lowest BCUT2D eigenvalue weighted by Crippen LogP contribution is -2.39. The van der Waals surface area contributed by atoms with Crippen molar-refractivity contribution in [3.63, 3.8) is 0 Å². The number of carbonyl (C=O) groups is 1. The predicted molar refractivity (Wildman–Crippen MR) is 103 cm³/mol. The minimum Gasteiger partial charge on any atom is -0.342 e. The van der Waals surface area contributed by atoms with Gasteiger partial charge in [-0.15, -0.1) is 0 Å². The molecule has 1 aliphatic rings. The van der Waals surface area contributed by atoms with Gasteiger partial charge in [0.2, 0.25) is 5.91 Å². The molecule has 0 aliphatic heterocycles. The summed E-state index contributed by atoms with van der Waals surface area (Å²) in [6, 6.07) is 10.6. The highest BCUT2D eigenvalue weighted by Gasteiger charge is 2.23. The van der Waals surface area contributed by atoms with Crippen LogP contribution in [0, 0.1) is 13.8 Å². The fraction of sp³-hybridized carbons (Fsp3) is 0.500. The topological polar surface area (TPSA) is 38.1 Å². The van der Waals surface area contributed by atoms with Gasteiger partial charge in [0.25, 0.3) is 0 Å². The normalized spacial score (nSPS) is 15.3. The summed E-state index contributed by atoms with van der Waals surface area (Å²) < 4.78 is 2.15. The lowest BCUT2D eigenvalue weighted by atomic mass is 9.94. The first kappa shape index (κ1) is 18.1. The van der Waals surface area contributed by atoms with Crippen LogP contribution in [-0.2, 0) is 4.79 Å². The molecule has 0 saturated heterocycles. The Labute approximate surface area is 154 Å². The molecule has 1 fully saturated rings. The van der Waals surface area contributed by atoms with E-state index >= 15 is 0 Å². The van der Waals surface area contributed by atoms with Gasteiger partial charge in [-0.2, -0.15) is 0 Å². The Bertz CT molecular complexity index is 720. The fourth-order valence-electron chi connectivity index (χ4n) is 3.46. The van der Waals surface area contributed by atoms with Gasteiger partial charge in [0, 0.05) is 24.5 Å². The number of para-hydroxylation sites is 1. The second-order valence-electron chi connectivity index (χ2n) is 6.82. The molecule has 0 radical (unpaired) electrons. The smallest absolute Gasteiger partial charge is 0.233 e. The first-order chi connectivity index (χ1) is 12.1. The highest BCUT2D eigenvalue weighted by molar-refractivity contribution is 7.99. The number of carbonyl (C=O) groups excluding carboxylic acids is 1. The van der Waals surface area contributed by atoms with E-state index in [4.69, 9.17) is 0 Å². The highest BCUT2D eigenvalue weighted by Crippen LogP contribution is 2.27. The summed E-state index contributed by atoms with van der Waals surface area (Å²) in [5, 5.41) is 0.895. The third-order valence-electron chi connectivity index (χ3n) is 5.17. The summed E-state index contributed by atoms with van der Waals surface area (Å²) in [6.45, 7) is 4.10. The molecule has 1 aromatic heterocycles. The zero-order chi connectivity index (χ0) is 17.8. The molecule has 1 aromatic carbocycles. The maximum absolute atomic E-state index is 12.6. The molecule has 1 saturated carbocycles. The van der Waals surface area contributed by atoms with Crippen molar-refractivity contribution in [3.05, 3.63) is 41.7 Å². The predicted octanol–water partition coefficient (Wildman–Crippen LogP) is 4.37. The SMILES string of the molecule is Cc1nc(SCC(=O)N(C)C2CCCCC2)n(-c2ccccc2)c1C. The fourth-order valence-corrected chi connectivity index (χ4v) is 4.49. The highest BCUT2D eigenvalue weighted by atomic mass is 32.2. The van der Waals surface area contributed by atoms with Crippen LogP contribution in [0.4, 0.5) is 0 Å². The average molecular weight is 358 g/mol. The summed E-state index contributed by atoms with van der Waals surface area (Å²) in [5.41, 5.74) is 3.23. The maximum atomic E-state index is 12.6. The molecule has 4 nitrogen and oxygen atoms in total. The number of benzene rings is 1. The zero-order valence-electron chi connectivity index (χ0n) is 15.4. The second-order valence-corrected chi connectivity index (χ2v) is 7.76. The molecule has 0 atom stereocenters. The number of aromatic nitrogens is 2. The first-order valence-electron chi connectivity index (χ1n) is 9.07. The molecule has 25 heavy (non-hydrogen) atoms. The van der Waals surface area contributed by atoms with Gasteiger partial charge in [0.05, 0.1) is 11.4 Å². The largest absolute Gasteiger partial charge is 0.342 e. The Morgan fingerprint density at radius 3 is 2.56 bits per heavy atom. The summed E-state index contributed by atoms with van der Waals surface area (Å²) in [7, 11) is 1.96. The van der Waals surface area contributed by atoms with E-state index in [1.165, 1.54) is 31.0 Å². The van der Waals surface area contributed by atoms with Crippen molar-refractivity contribution in [1.82, 2.24) is 14.5 Å². The van der Waals surface area contributed by atoms with Gasteiger partial charge >= 0.3 is 0 Å². The van der Waals surface area contributed by atoms with E-state index in [0.717, 1.165) is 35.1 Å². The van der Waals surface area contributed by atoms with Crippen molar-refractivity contribution < 1.29 is 4.79 Å². The van der Waals surface area contributed by atoms with Gasteiger partial charge in [-0.1, -0.05) is 49.2 Å². The molecule has 0 unspecified atom stereocenters. The Balaban J connectivity index is 1.71. The minimum absolute atomic E-state index is 0.204. The van der Waals surface area contributed by atoms with E-state index in [-0.39, 0.29) is 5.91 Å². The van der Waals surface area contributed by atoms with E-state index < -0.39 is 0 Å². The van der Waals surface area contributed by atoms with Crippen molar-refractivity contribution in [2.45, 2.75) is 57.1 Å². The number of amides is 1. The number of thioether (sulfide) groups is 1. The van der Waals surface area contributed by atoms with Crippen LogP contribution in [0.5, 0.6) is 0 Å². The van der Waals surface area contributed by atoms with Crippen molar-refractivity contribution >= 4 is 17.7 Å². The van der Waals surface area contributed by atoms with E-state index in [1.54, 1.807) is 0 Å². The number of nitrogens with zero attached hydrogens (tertiary/aromatic N) is 3. The monoisotopic (exact) mass is 357 g/mol. The van der Waals surface area contributed by atoms with Crippen LogP contribution in [0.3, 0.4) is 0 Å². The Morgan fingerprint density at radius 2 is 1.88 bits per heavy atom. The number of aryl methyl sites for hydroxylation is 1. The van der Waals surface area contributed by atoms with Crippen LogP contribution in [0.15, 0.2) is 35.5 Å². The van der Waals surface area contributed by atoms with Gasteiger partial charge in [-0.3, -0.25) is 9.36 Å². The molecular weight excluding hydrogens is 330 g/mol. The van der Waals surface area contributed by atoms with Crippen LogP contribution in [0.2, 0.25) is 0 Å². The zero-order valence-corrected chi connectivity index (χ0v) is 16.2. The summed E-state index contributed by atoms with van der Waals surface area (Å²) >= 11 is 1.54. The molecule has 0 bridgehead atoms. The van der Waals surface area contributed by atoms with E-state index in [2.05, 4.69) is 28.6 Å². The number of imidazole rings is 1. The molecule has 1 heterocycles. The molecule has 0 spiro atoms. The van der Waals surface area contributed by atoms with Crippen LogP contribution in [0.25, 0.3) is 5.69 Å². The van der Waals surface area contributed by atoms with Crippen molar-refractivity contribution in [2.75, 3.05) is 12.8 Å². The lowest BCUT2D eigenvalue weighted by molar-refractivity contribution is -0.129. The molecule has 1 aliphatic carbocycles. The van der Waals surface area contributed by atoms with E-state index in [9.17, 15) is 4.79 Å². The molecular formula is C20H27N3OS. The van der Waals surface area contributed by atoms with E-state index in [1.807, 2.05) is 37.1 Å². The van der Waals surface area contributed by atoms with Gasteiger partial charge in [-0.25, -0.2) is 4.98 Å². The third-order valence-corrected chi connectivity index (χ3v) is 6.09. The first-order valence-corrected chi connectivity index (χ1v) is 10.1. The average Bonchev–Trinajstić information content (AvgIpc) is 2.94. The van der Waals surface area contributed by atoms with Gasteiger partial charge in [0.15, 0.2) is 5.16 Å². The van der Waals surface area contributed by atoms with Crippen LogP contribution in [0.1, 0.15) is 43.5 Å². The summed E-state index contributed by atoms with van der Waals surface area (Å²) in [6.07, 6.45) is 6.08. The lowest BCUT2D eigenvalue weighted by Gasteiger charge is -2.31. The molecule has 0 N–H and O–H groups in total. The number of hydrogen-bond acceptors (Lipinski definition) is 3. The Kier molecular flexibility index (Phi) is 5.84.